The van der Waals surface area contributed by atoms with Gasteiger partial charge in [-0.25, -0.2) is 0 Å². The highest BCUT2D eigenvalue weighted by Crippen LogP contribution is 2.44. The molecule has 0 aromatic carbocycles. The molecule has 11 heteroatoms. The molecule has 2 amide bonds. The Bertz CT molecular complexity index is 695. The molecule has 3 heterocycles. The third-order valence-electron chi connectivity index (χ3n) is 4.89. The molecule has 11 nitrogen and oxygen atoms in total. The highest BCUT2D eigenvalue weighted by atomic mass is 16.9. The Morgan fingerprint density at radius 3 is 2.00 bits per heavy atom. The van der Waals surface area contributed by atoms with Crippen LogP contribution in [-0.2, 0) is 38.1 Å². The molecular formula is C18H28N2O9. The highest BCUT2D eigenvalue weighted by molar-refractivity contribution is 5.91. The maximum absolute atomic E-state index is 12.9. The van der Waals surface area contributed by atoms with Gasteiger partial charge in [0.05, 0.1) is 0 Å². The molecule has 0 aromatic rings. The van der Waals surface area contributed by atoms with Crippen LogP contribution >= 0.6 is 0 Å². The largest absolute Gasteiger partial charge is 0.480 e. The summed E-state index contributed by atoms with van der Waals surface area (Å²) in [6, 6.07) is -2.08. The topological polar surface area (TPSA) is 142 Å². The molecule has 0 aromatic heterocycles. The maximum atomic E-state index is 12.9. The van der Waals surface area contributed by atoms with Crippen molar-refractivity contribution in [2.75, 3.05) is 0 Å². The number of nitrogens with one attached hydrogen (secondary N) is 2. The number of carbonyl (C=O) groups is 3. The minimum Gasteiger partial charge on any atom is -0.480 e. The van der Waals surface area contributed by atoms with Crippen LogP contribution in [0.2, 0.25) is 0 Å². The number of hydrogen-bond donors (Lipinski definition) is 3. The van der Waals surface area contributed by atoms with Crippen LogP contribution in [0.25, 0.3) is 0 Å². The molecule has 3 aliphatic rings. The molecule has 3 aliphatic heterocycles. The zero-order valence-electron chi connectivity index (χ0n) is 17.3. The lowest BCUT2D eigenvalue weighted by molar-refractivity contribution is -0.231. The van der Waals surface area contributed by atoms with Crippen molar-refractivity contribution < 1.29 is 43.2 Å². The van der Waals surface area contributed by atoms with Gasteiger partial charge in [0, 0.05) is 0 Å². The molecule has 3 fully saturated rings. The molecule has 0 bridgehead atoms. The van der Waals surface area contributed by atoms with Gasteiger partial charge in [-0.3, -0.25) is 14.4 Å². The Morgan fingerprint density at radius 1 is 0.828 bits per heavy atom. The molecule has 164 valence electrons. The summed E-state index contributed by atoms with van der Waals surface area (Å²) in [7, 11) is 0. The summed E-state index contributed by atoms with van der Waals surface area (Å²) in [5, 5.41) is 13.7. The van der Waals surface area contributed by atoms with Crippen molar-refractivity contribution in [3.8, 4) is 0 Å². The van der Waals surface area contributed by atoms with E-state index in [1.54, 1.807) is 27.7 Å². The van der Waals surface area contributed by atoms with E-state index in [0.29, 0.717) is 0 Å². The van der Waals surface area contributed by atoms with Gasteiger partial charge in [-0.05, 0) is 41.5 Å². The average molecular weight is 416 g/mol. The fourth-order valence-corrected chi connectivity index (χ4v) is 3.58. The molecule has 3 N–H and O–H groups in total. The first-order valence-corrected chi connectivity index (χ1v) is 9.50. The molecule has 29 heavy (non-hydrogen) atoms. The van der Waals surface area contributed by atoms with E-state index in [-0.39, 0.29) is 0 Å². The zero-order chi connectivity index (χ0) is 21.7. The van der Waals surface area contributed by atoms with E-state index in [2.05, 4.69) is 10.6 Å². The van der Waals surface area contributed by atoms with Gasteiger partial charge in [-0.2, -0.15) is 0 Å². The van der Waals surface area contributed by atoms with Crippen molar-refractivity contribution in [3.63, 3.8) is 0 Å². The Balaban J connectivity index is 1.71. The average Bonchev–Trinajstić information content (AvgIpc) is 3.07. The minimum absolute atomic E-state index is 0.571. The molecule has 0 saturated carbocycles. The molecular weight excluding hydrogens is 388 g/mol. The first-order valence-electron chi connectivity index (χ1n) is 9.50. The summed E-state index contributed by atoms with van der Waals surface area (Å²) in [6.07, 6.45) is -3.88. The van der Waals surface area contributed by atoms with Crippen molar-refractivity contribution in [2.45, 2.75) is 95.9 Å². The second-order valence-corrected chi connectivity index (χ2v) is 8.39. The zero-order valence-corrected chi connectivity index (χ0v) is 17.3. The van der Waals surface area contributed by atoms with Crippen molar-refractivity contribution in [1.82, 2.24) is 10.6 Å². The smallest absolute Gasteiger partial charge is 0.325 e. The lowest BCUT2D eigenvalue weighted by atomic mass is 9.98. The van der Waals surface area contributed by atoms with Gasteiger partial charge in [0.1, 0.15) is 30.4 Å². The number of hydrogen-bond acceptors (Lipinski definition) is 8. The van der Waals surface area contributed by atoms with Gasteiger partial charge >= 0.3 is 5.97 Å². The highest BCUT2D eigenvalue weighted by Gasteiger charge is 2.62. The van der Waals surface area contributed by atoms with Crippen LogP contribution in [-0.4, -0.2) is 77.3 Å². The molecule has 3 saturated heterocycles. The van der Waals surface area contributed by atoms with E-state index in [4.69, 9.17) is 28.8 Å². The van der Waals surface area contributed by atoms with Crippen molar-refractivity contribution in [2.24, 2.45) is 0 Å². The van der Waals surface area contributed by atoms with Gasteiger partial charge in [0.25, 0.3) is 5.91 Å². The standard InChI is InChI=1S/C18H28N2O9/c1-7(13(21)20-8(2)15(23)24)19-14(22)11-9-10(27-17(3,4)26-9)12-16(25-11)29-18(5,6)28-12/h7-12,16H,1-6H3,(H,19,22)(H,20,21)(H,23,24). The second-order valence-electron chi connectivity index (χ2n) is 8.39. The number of amides is 2. The molecule has 3 rings (SSSR count). The Kier molecular flexibility index (Phi) is 5.65. The van der Waals surface area contributed by atoms with E-state index in [1.165, 1.54) is 13.8 Å². The van der Waals surface area contributed by atoms with Crippen LogP contribution in [0.15, 0.2) is 0 Å². The lowest BCUT2D eigenvalue weighted by Gasteiger charge is -2.36. The normalized spacial score (nSPS) is 36.4. The van der Waals surface area contributed by atoms with Gasteiger partial charge in [-0.15, -0.1) is 0 Å². The quantitative estimate of drug-likeness (QED) is 0.539. The van der Waals surface area contributed by atoms with Gasteiger partial charge in [0.15, 0.2) is 24.0 Å². The number of aliphatic carboxylic acids is 1. The van der Waals surface area contributed by atoms with Crippen LogP contribution in [0.3, 0.4) is 0 Å². The molecule has 0 spiro atoms. The summed E-state index contributed by atoms with van der Waals surface area (Å²) < 4.78 is 29.3. The monoisotopic (exact) mass is 416 g/mol. The van der Waals surface area contributed by atoms with Gasteiger partial charge in [-0.1, -0.05) is 0 Å². The van der Waals surface area contributed by atoms with E-state index in [9.17, 15) is 14.4 Å². The van der Waals surface area contributed by atoms with Crippen LogP contribution in [0, 0.1) is 0 Å². The van der Waals surface area contributed by atoms with Crippen LogP contribution < -0.4 is 10.6 Å². The van der Waals surface area contributed by atoms with E-state index in [1.807, 2.05) is 0 Å². The van der Waals surface area contributed by atoms with Crippen LogP contribution in [0.4, 0.5) is 0 Å². The van der Waals surface area contributed by atoms with Gasteiger partial charge in [0.2, 0.25) is 5.91 Å². The maximum Gasteiger partial charge on any atom is 0.325 e. The number of fused-ring (bicyclic) bond motifs is 3. The molecule has 0 radical (unpaired) electrons. The number of rotatable bonds is 5. The van der Waals surface area contributed by atoms with Gasteiger partial charge < -0.3 is 39.4 Å². The predicted octanol–water partition coefficient (Wildman–Crippen LogP) is -0.523. The Morgan fingerprint density at radius 2 is 1.38 bits per heavy atom. The van der Waals surface area contributed by atoms with Crippen molar-refractivity contribution in [3.05, 3.63) is 0 Å². The first-order chi connectivity index (χ1) is 13.3. The fraction of sp³-hybridized carbons (Fsp3) is 0.833. The Hall–Kier alpha value is -1.79. The molecule has 7 atom stereocenters. The summed E-state index contributed by atoms with van der Waals surface area (Å²) in [6.45, 7) is 9.68. The Labute approximate surface area is 168 Å². The fourth-order valence-electron chi connectivity index (χ4n) is 3.58. The van der Waals surface area contributed by atoms with Crippen molar-refractivity contribution in [1.29, 1.82) is 0 Å². The van der Waals surface area contributed by atoms with Crippen molar-refractivity contribution >= 4 is 17.8 Å². The lowest BCUT2D eigenvalue weighted by Crippen LogP contribution is -2.61. The second kappa shape index (κ2) is 7.47. The summed E-state index contributed by atoms with van der Waals surface area (Å²) in [5.74, 6) is -4.28. The number of ether oxygens (including phenoxy) is 5. The number of carboxylic acids is 1. The predicted molar refractivity (Wildman–Crippen MR) is 95.4 cm³/mol. The third-order valence-corrected chi connectivity index (χ3v) is 4.89. The van der Waals surface area contributed by atoms with Crippen LogP contribution in [0.1, 0.15) is 41.5 Å². The number of carbonyl (C=O) groups excluding carboxylic acids is 2. The number of carboxylic acid groups (broad SMARTS) is 1. The summed E-state index contributed by atoms with van der Waals surface area (Å²) >= 11 is 0. The molecule has 7 unspecified atom stereocenters. The minimum atomic E-state index is -1.18. The SMILES string of the molecule is CC(NC(=O)C(C)NC(=O)C1OC2OC(C)(C)OC2C2OC(C)(C)OC12)C(=O)O. The van der Waals surface area contributed by atoms with E-state index < -0.39 is 72.1 Å². The summed E-state index contributed by atoms with van der Waals surface area (Å²) in [5.41, 5.74) is 0. The summed E-state index contributed by atoms with van der Waals surface area (Å²) in [4.78, 5) is 35.9. The van der Waals surface area contributed by atoms with E-state index >= 15 is 0 Å². The molecule has 0 aliphatic carbocycles. The van der Waals surface area contributed by atoms with Crippen LogP contribution in [0.5, 0.6) is 0 Å². The first kappa shape index (κ1) is 21.9. The van der Waals surface area contributed by atoms with E-state index in [0.717, 1.165) is 0 Å². The third kappa shape index (κ3) is 4.53.